The summed E-state index contributed by atoms with van der Waals surface area (Å²) in [6.07, 6.45) is -7.44. The van der Waals surface area contributed by atoms with Gasteiger partial charge in [0.2, 0.25) is 0 Å². The predicted octanol–water partition coefficient (Wildman–Crippen LogP) is 1.53. The zero-order valence-corrected chi connectivity index (χ0v) is 7.16. The highest BCUT2D eigenvalue weighted by Crippen LogP contribution is 2.47. The number of nitrogens with two attached hydrogens (primary N) is 1. The highest BCUT2D eigenvalue weighted by Gasteiger charge is 2.74. The van der Waals surface area contributed by atoms with Crippen LogP contribution in [0.3, 0.4) is 0 Å². The van der Waals surface area contributed by atoms with Crippen molar-refractivity contribution in [3.05, 3.63) is 0 Å². The second-order valence-corrected chi connectivity index (χ2v) is 2.81. The molecule has 0 amide bonds. The summed E-state index contributed by atoms with van der Waals surface area (Å²) < 4.78 is 84.4. The first-order valence-corrected chi connectivity index (χ1v) is 3.67. The molecule has 15 heavy (non-hydrogen) atoms. The van der Waals surface area contributed by atoms with Crippen LogP contribution in [0.15, 0.2) is 0 Å². The molecule has 0 spiro atoms. The molecule has 0 aliphatic rings. The molecule has 0 saturated heterocycles. The quantitative estimate of drug-likeness (QED) is 0.735. The van der Waals surface area contributed by atoms with Gasteiger partial charge in [-0.2, -0.15) is 30.7 Å². The van der Waals surface area contributed by atoms with Gasteiger partial charge in [-0.25, -0.2) is 0 Å². The SMILES string of the molecule is N[C@@H](CCO)C(F)(F)C(F)(F)C(F)(F)F. The molecule has 0 rings (SSSR count). The first-order chi connectivity index (χ1) is 6.48. The number of alkyl halides is 7. The van der Waals surface area contributed by atoms with Gasteiger partial charge in [-0.15, -0.1) is 0 Å². The number of aliphatic hydroxyl groups is 1. The Balaban J connectivity index is 5.00. The average Bonchev–Trinajstić information content (AvgIpc) is 2.02. The van der Waals surface area contributed by atoms with Crippen molar-refractivity contribution in [3.63, 3.8) is 0 Å². The first-order valence-electron chi connectivity index (χ1n) is 3.67. The van der Waals surface area contributed by atoms with Crippen LogP contribution in [0.4, 0.5) is 30.7 Å². The number of hydrogen-bond donors (Lipinski definition) is 2. The summed E-state index contributed by atoms with van der Waals surface area (Å²) >= 11 is 0. The summed E-state index contributed by atoms with van der Waals surface area (Å²) in [5, 5.41) is 8.13. The average molecular weight is 243 g/mol. The van der Waals surface area contributed by atoms with Crippen molar-refractivity contribution in [2.24, 2.45) is 5.73 Å². The molecular formula is C6H8F7NO. The summed E-state index contributed by atoms with van der Waals surface area (Å²) in [5.41, 5.74) is 4.45. The smallest absolute Gasteiger partial charge is 0.396 e. The van der Waals surface area contributed by atoms with E-state index in [4.69, 9.17) is 5.11 Å². The van der Waals surface area contributed by atoms with Crippen molar-refractivity contribution in [2.75, 3.05) is 6.61 Å². The van der Waals surface area contributed by atoms with Crippen LogP contribution in [-0.4, -0.2) is 35.8 Å². The van der Waals surface area contributed by atoms with Crippen LogP contribution >= 0.6 is 0 Å². The molecular weight excluding hydrogens is 235 g/mol. The topological polar surface area (TPSA) is 46.2 Å². The van der Waals surface area contributed by atoms with Crippen LogP contribution in [0, 0.1) is 0 Å². The van der Waals surface area contributed by atoms with E-state index in [1.54, 1.807) is 0 Å². The molecule has 0 saturated carbocycles. The highest BCUT2D eigenvalue weighted by atomic mass is 19.4. The lowest BCUT2D eigenvalue weighted by atomic mass is 10.0. The molecule has 0 aliphatic heterocycles. The second kappa shape index (κ2) is 4.12. The molecule has 92 valence electrons. The molecule has 0 bridgehead atoms. The molecule has 0 fully saturated rings. The van der Waals surface area contributed by atoms with E-state index in [2.05, 4.69) is 5.73 Å². The Bertz CT molecular complexity index is 214. The van der Waals surface area contributed by atoms with Crippen molar-refractivity contribution in [1.82, 2.24) is 0 Å². The highest BCUT2D eigenvalue weighted by molar-refractivity contribution is 4.97. The van der Waals surface area contributed by atoms with E-state index >= 15 is 0 Å². The molecule has 0 aliphatic carbocycles. The van der Waals surface area contributed by atoms with Crippen LogP contribution < -0.4 is 5.73 Å². The Morgan fingerprint density at radius 3 is 1.67 bits per heavy atom. The summed E-state index contributed by atoms with van der Waals surface area (Å²) in [6, 6.07) is -2.76. The van der Waals surface area contributed by atoms with E-state index in [0.717, 1.165) is 0 Å². The van der Waals surface area contributed by atoms with Crippen LogP contribution in [-0.2, 0) is 0 Å². The third-order valence-corrected chi connectivity index (χ3v) is 1.68. The Labute approximate surface area is 79.9 Å². The maximum Gasteiger partial charge on any atom is 0.459 e. The standard InChI is InChI=1S/C6H8F7NO/c7-4(8,3(14)1-2-15)5(9,10)6(11,12)13/h3,15H,1-2,14H2/t3-/m0/s1. The van der Waals surface area contributed by atoms with Crippen molar-refractivity contribution in [3.8, 4) is 0 Å². The zero-order valence-electron chi connectivity index (χ0n) is 7.16. The number of rotatable bonds is 4. The van der Waals surface area contributed by atoms with Gasteiger partial charge in [0, 0.05) is 6.61 Å². The Morgan fingerprint density at radius 1 is 1.00 bits per heavy atom. The van der Waals surface area contributed by atoms with E-state index in [1.165, 1.54) is 0 Å². The number of aliphatic hydroxyl groups excluding tert-OH is 1. The lowest BCUT2D eigenvalue weighted by Crippen LogP contribution is -2.60. The van der Waals surface area contributed by atoms with Crippen LogP contribution in [0.25, 0.3) is 0 Å². The molecule has 0 aromatic rings. The molecule has 1 atom stereocenters. The van der Waals surface area contributed by atoms with E-state index in [0.29, 0.717) is 0 Å². The lowest BCUT2D eigenvalue weighted by Gasteiger charge is -2.31. The summed E-state index contributed by atoms with van der Waals surface area (Å²) in [7, 11) is 0. The van der Waals surface area contributed by atoms with Crippen molar-refractivity contribution >= 4 is 0 Å². The summed E-state index contributed by atoms with van der Waals surface area (Å²) in [6.45, 7) is -1.01. The largest absolute Gasteiger partial charge is 0.459 e. The lowest BCUT2D eigenvalue weighted by molar-refractivity contribution is -0.358. The van der Waals surface area contributed by atoms with Gasteiger partial charge in [0.05, 0.1) is 6.04 Å². The number of hydrogen-bond acceptors (Lipinski definition) is 2. The second-order valence-electron chi connectivity index (χ2n) is 2.81. The van der Waals surface area contributed by atoms with Gasteiger partial charge < -0.3 is 10.8 Å². The first kappa shape index (κ1) is 14.4. The molecule has 0 unspecified atom stereocenters. The van der Waals surface area contributed by atoms with E-state index < -0.39 is 37.1 Å². The van der Waals surface area contributed by atoms with Gasteiger partial charge in [-0.1, -0.05) is 0 Å². The summed E-state index contributed by atoms with van der Waals surface area (Å²) in [5.74, 6) is -11.7. The van der Waals surface area contributed by atoms with Gasteiger partial charge in [0.1, 0.15) is 0 Å². The van der Waals surface area contributed by atoms with Gasteiger partial charge in [0.15, 0.2) is 0 Å². The Morgan fingerprint density at radius 2 is 1.40 bits per heavy atom. The van der Waals surface area contributed by atoms with Gasteiger partial charge in [-0.05, 0) is 6.42 Å². The van der Waals surface area contributed by atoms with Crippen LogP contribution in [0.1, 0.15) is 6.42 Å². The summed E-state index contributed by atoms with van der Waals surface area (Å²) in [4.78, 5) is 0. The Hall–Kier alpha value is -0.570. The van der Waals surface area contributed by atoms with Gasteiger partial charge in [0.25, 0.3) is 0 Å². The third kappa shape index (κ3) is 2.51. The van der Waals surface area contributed by atoms with Crippen LogP contribution in [0.2, 0.25) is 0 Å². The minimum Gasteiger partial charge on any atom is -0.396 e. The maximum absolute atomic E-state index is 12.6. The molecule has 0 aromatic heterocycles. The molecule has 9 heteroatoms. The molecule has 3 N–H and O–H groups in total. The zero-order chi connectivity index (χ0) is 12.5. The van der Waals surface area contributed by atoms with E-state index in [9.17, 15) is 30.7 Å². The molecule has 0 radical (unpaired) electrons. The maximum atomic E-state index is 12.6. The molecule has 0 aromatic carbocycles. The normalized spacial score (nSPS) is 16.6. The fraction of sp³-hybridized carbons (Fsp3) is 1.00. The van der Waals surface area contributed by atoms with Gasteiger partial charge >= 0.3 is 18.0 Å². The third-order valence-electron chi connectivity index (χ3n) is 1.68. The fourth-order valence-corrected chi connectivity index (χ4v) is 0.742. The molecule has 0 heterocycles. The van der Waals surface area contributed by atoms with E-state index in [-0.39, 0.29) is 0 Å². The fourth-order valence-electron chi connectivity index (χ4n) is 0.742. The number of halogens is 7. The van der Waals surface area contributed by atoms with Gasteiger partial charge in [-0.3, -0.25) is 0 Å². The van der Waals surface area contributed by atoms with Crippen molar-refractivity contribution in [1.29, 1.82) is 0 Å². The minimum atomic E-state index is -6.39. The van der Waals surface area contributed by atoms with Crippen LogP contribution in [0.5, 0.6) is 0 Å². The molecule has 2 nitrogen and oxygen atoms in total. The van der Waals surface area contributed by atoms with E-state index in [1.807, 2.05) is 0 Å². The predicted molar refractivity (Wildman–Crippen MR) is 35.6 cm³/mol. The van der Waals surface area contributed by atoms with Crippen molar-refractivity contribution in [2.45, 2.75) is 30.5 Å². The Kier molecular flexibility index (Phi) is 3.97. The monoisotopic (exact) mass is 243 g/mol. The van der Waals surface area contributed by atoms with Crippen molar-refractivity contribution < 1.29 is 35.8 Å². The minimum absolute atomic E-state index is 1.01.